The van der Waals surface area contributed by atoms with Crippen molar-refractivity contribution in [1.82, 2.24) is 20.0 Å². The molecule has 8 nitrogen and oxygen atoms in total. The summed E-state index contributed by atoms with van der Waals surface area (Å²) in [5, 5.41) is 21.2. The molecule has 5 rings (SSSR count). The topological polar surface area (TPSA) is 110 Å². The number of anilines is 1. The smallest absolute Gasteiger partial charge is 0.290 e. The number of benzene rings is 2. The van der Waals surface area contributed by atoms with Gasteiger partial charge in [0.2, 0.25) is 5.91 Å². The van der Waals surface area contributed by atoms with Crippen LogP contribution in [0.15, 0.2) is 47.8 Å². The molecule has 0 radical (unpaired) electrons. The summed E-state index contributed by atoms with van der Waals surface area (Å²) in [4.78, 5) is 25.5. The van der Waals surface area contributed by atoms with Crippen molar-refractivity contribution in [1.29, 1.82) is 0 Å². The Morgan fingerprint density at radius 1 is 1.24 bits per heavy atom. The van der Waals surface area contributed by atoms with E-state index >= 15 is 0 Å². The van der Waals surface area contributed by atoms with E-state index in [0.717, 1.165) is 38.5 Å². The van der Waals surface area contributed by atoms with Gasteiger partial charge in [-0.1, -0.05) is 41.6 Å². The van der Waals surface area contributed by atoms with E-state index in [9.17, 15) is 4.79 Å². The van der Waals surface area contributed by atoms with Crippen LogP contribution in [0.4, 0.5) is 5.69 Å². The summed E-state index contributed by atoms with van der Waals surface area (Å²) in [6.45, 7) is -0.250. The van der Waals surface area contributed by atoms with Gasteiger partial charge in [-0.05, 0) is 11.6 Å². The van der Waals surface area contributed by atoms with Crippen LogP contribution in [0.2, 0.25) is 0 Å². The number of carbonyl (C=O) groups excluding carboxylic acids is 1. The lowest BCUT2D eigenvalue weighted by molar-refractivity contribution is -0.123. The number of hydrogen-bond acceptors (Lipinski definition) is 6. The minimum absolute atomic E-state index is 0.0166. The highest BCUT2D eigenvalue weighted by Gasteiger charge is 2.31. The Bertz CT molecular complexity index is 1190. The SMILES string of the molecule is Cn1nnc2c3c(ccc21)C(c1nc(-c2ccccc2)cs1)CC(=O)N3.O=CO. The fourth-order valence-electron chi connectivity index (χ4n) is 3.44. The molecule has 2 N–H and O–H groups in total. The van der Waals surface area contributed by atoms with E-state index in [-0.39, 0.29) is 18.3 Å². The van der Waals surface area contributed by atoms with Crippen LogP contribution in [-0.2, 0) is 16.6 Å². The molecule has 1 aliphatic rings. The first-order valence-corrected chi connectivity index (χ1v) is 9.71. The first-order valence-electron chi connectivity index (χ1n) is 8.83. The first kappa shape index (κ1) is 18.8. The standard InChI is InChI=1S/C19H15N5OS.CH2O2/c1-24-15-8-7-12-13(9-16(25)21-17(12)18(15)22-23-24)19-20-14(10-26-19)11-5-3-2-4-6-11;2-1-3/h2-8,10,13H,9H2,1H3,(H,21,25);1H,(H,2,3). The van der Waals surface area contributed by atoms with Crippen molar-refractivity contribution >= 4 is 40.4 Å². The van der Waals surface area contributed by atoms with Crippen molar-refractivity contribution < 1.29 is 14.7 Å². The van der Waals surface area contributed by atoms with Gasteiger partial charge in [0, 0.05) is 30.3 Å². The number of hydrogen-bond donors (Lipinski definition) is 2. The highest BCUT2D eigenvalue weighted by molar-refractivity contribution is 7.10. The van der Waals surface area contributed by atoms with Gasteiger partial charge in [0.25, 0.3) is 6.47 Å². The van der Waals surface area contributed by atoms with Gasteiger partial charge in [0.05, 0.1) is 16.9 Å². The summed E-state index contributed by atoms with van der Waals surface area (Å²) < 4.78 is 1.71. The molecule has 1 unspecified atom stereocenters. The highest BCUT2D eigenvalue weighted by atomic mass is 32.1. The Hall–Kier alpha value is -3.59. The first-order chi connectivity index (χ1) is 14.1. The molecule has 1 aliphatic heterocycles. The summed E-state index contributed by atoms with van der Waals surface area (Å²) in [5.41, 5.74) is 5.45. The second kappa shape index (κ2) is 7.80. The van der Waals surface area contributed by atoms with Gasteiger partial charge in [-0.15, -0.1) is 16.4 Å². The monoisotopic (exact) mass is 407 g/mol. The molecule has 0 aliphatic carbocycles. The summed E-state index contributed by atoms with van der Waals surface area (Å²) >= 11 is 1.59. The second-order valence-corrected chi connectivity index (χ2v) is 7.35. The zero-order valence-corrected chi connectivity index (χ0v) is 16.3. The summed E-state index contributed by atoms with van der Waals surface area (Å²) in [6.07, 6.45) is 0.389. The highest BCUT2D eigenvalue weighted by Crippen LogP contribution is 2.41. The molecule has 3 heterocycles. The van der Waals surface area contributed by atoms with E-state index < -0.39 is 0 Å². The number of amides is 1. The molecule has 4 aromatic rings. The van der Waals surface area contributed by atoms with E-state index in [1.807, 2.05) is 43.4 Å². The van der Waals surface area contributed by atoms with Gasteiger partial charge >= 0.3 is 0 Å². The van der Waals surface area contributed by atoms with Crippen LogP contribution in [0.5, 0.6) is 0 Å². The zero-order chi connectivity index (χ0) is 20.4. The molecule has 0 fully saturated rings. The molecular formula is C20H17N5O3S. The third-order valence-electron chi connectivity index (χ3n) is 4.74. The van der Waals surface area contributed by atoms with Gasteiger partial charge in [0.1, 0.15) is 10.5 Å². The van der Waals surface area contributed by atoms with Crippen LogP contribution in [0.25, 0.3) is 22.3 Å². The normalized spacial score (nSPS) is 15.2. The Balaban J connectivity index is 0.000000645. The Kier molecular flexibility index (Phi) is 5.05. The third-order valence-corrected chi connectivity index (χ3v) is 5.69. The molecule has 1 amide bonds. The molecule has 0 bridgehead atoms. The number of aromatic nitrogens is 4. The van der Waals surface area contributed by atoms with Crippen molar-refractivity contribution in [3.8, 4) is 11.3 Å². The van der Waals surface area contributed by atoms with Gasteiger partial charge in [-0.3, -0.25) is 9.59 Å². The predicted molar refractivity (Wildman–Crippen MR) is 110 cm³/mol. The Morgan fingerprint density at radius 3 is 2.76 bits per heavy atom. The van der Waals surface area contributed by atoms with E-state index in [0.29, 0.717) is 6.42 Å². The van der Waals surface area contributed by atoms with Crippen LogP contribution in [0, 0.1) is 0 Å². The van der Waals surface area contributed by atoms with Gasteiger partial charge < -0.3 is 10.4 Å². The molecule has 146 valence electrons. The quantitative estimate of drug-likeness (QED) is 0.494. The summed E-state index contributed by atoms with van der Waals surface area (Å²) in [5.74, 6) is -0.0790. The largest absolute Gasteiger partial charge is 0.483 e. The molecule has 0 spiro atoms. The van der Waals surface area contributed by atoms with E-state index in [4.69, 9.17) is 14.9 Å². The van der Waals surface area contributed by atoms with Crippen molar-refractivity contribution in [3.05, 3.63) is 58.4 Å². The number of fused-ring (bicyclic) bond motifs is 3. The number of thiazole rings is 1. The predicted octanol–water partition coefficient (Wildman–Crippen LogP) is 3.27. The van der Waals surface area contributed by atoms with Gasteiger partial charge in [-0.2, -0.15) is 0 Å². The minimum atomic E-state index is -0.250. The molecule has 9 heteroatoms. The van der Waals surface area contributed by atoms with Gasteiger partial charge in [0.15, 0.2) is 0 Å². The maximum Gasteiger partial charge on any atom is 0.290 e. The number of rotatable bonds is 2. The van der Waals surface area contributed by atoms with Crippen molar-refractivity contribution in [2.24, 2.45) is 7.05 Å². The molecular weight excluding hydrogens is 390 g/mol. The maximum atomic E-state index is 12.3. The van der Waals surface area contributed by atoms with Crippen LogP contribution in [0.3, 0.4) is 0 Å². The second-order valence-electron chi connectivity index (χ2n) is 6.46. The molecule has 0 saturated heterocycles. The maximum absolute atomic E-state index is 12.3. The fraction of sp³-hybridized carbons (Fsp3) is 0.150. The number of carbonyl (C=O) groups is 2. The van der Waals surface area contributed by atoms with Crippen LogP contribution >= 0.6 is 11.3 Å². The molecule has 0 saturated carbocycles. The lowest BCUT2D eigenvalue weighted by Gasteiger charge is -2.24. The Morgan fingerprint density at radius 2 is 2.00 bits per heavy atom. The van der Waals surface area contributed by atoms with Crippen molar-refractivity contribution in [2.45, 2.75) is 12.3 Å². The number of nitrogens with one attached hydrogen (secondary N) is 1. The Labute approximate surface area is 169 Å². The summed E-state index contributed by atoms with van der Waals surface area (Å²) in [7, 11) is 1.84. The molecule has 2 aromatic heterocycles. The van der Waals surface area contributed by atoms with E-state index in [2.05, 4.69) is 27.1 Å². The number of carboxylic acid groups (broad SMARTS) is 1. The zero-order valence-electron chi connectivity index (χ0n) is 15.4. The van der Waals surface area contributed by atoms with Crippen LogP contribution in [-0.4, -0.2) is 37.5 Å². The average molecular weight is 407 g/mol. The number of aryl methyl sites for hydroxylation is 1. The summed E-state index contributed by atoms with van der Waals surface area (Å²) in [6, 6.07) is 14.1. The third kappa shape index (κ3) is 3.47. The van der Waals surface area contributed by atoms with E-state index in [1.54, 1.807) is 16.0 Å². The lowest BCUT2D eigenvalue weighted by Crippen LogP contribution is -2.23. The van der Waals surface area contributed by atoms with E-state index in [1.165, 1.54) is 0 Å². The minimum Gasteiger partial charge on any atom is -0.483 e. The fourth-order valence-corrected chi connectivity index (χ4v) is 4.38. The molecule has 2 aromatic carbocycles. The van der Waals surface area contributed by atoms with Gasteiger partial charge in [-0.25, -0.2) is 9.67 Å². The number of nitrogens with zero attached hydrogens (tertiary/aromatic N) is 4. The lowest BCUT2D eigenvalue weighted by atomic mass is 9.90. The average Bonchev–Trinajstić information content (AvgIpc) is 3.36. The van der Waals surface area contributed by atoms with Crippen molar-refractivity contribution in [2.75, 3.05) is 5.32 Å². The van der Waals surface area contributed by atoms with Crippen LogP contribution in [0.1, 0.15) is 22.9 Å². The molecule has 29 heavy (non-hydrogen) atoms. The molecule has 1 atom stereocenters. The van der Waals surface area contributed by atoms with Crippen molar-refractivity contribution in [3.63, 3.8) is 0 Å². The van der Waals surface area contributed by atoms with Crippen LogP contribution < -0.4 is 5.32 Å².